The highest BCUT2D eigenvalue weighted by molar-refractivity contribution is 5.01. The van der Waals surface area contributed by atoms with Gasteiger partial charge in [-0.3, -0.25) is 4.90 Å². The van der Waals surface area contributed by atoms with Crippen LogP contribution >= 0.6 is 0 Å². The maximum Gasteiger partial charge on any atom is 0.103 e. The summed E-state index contributed by atoms with van der Waals surface area (Å²) in [6, 6.07) is 0. The van der Waals surface area contributed by atoms with Crippen molar-refractivity contribution in [3.63, 3.8) is 0 Å². The number of likely N-dealkylation sites (tertiary alicyclic amines) is 1. The molecule has 3 rings (SSSR count). The molecule has 1 aromatic rings. The van der Waals surface area contributed by atoms with Crippen molar-refractivity contribution in [3.8, 4) is 0 Å². The van der Waals surface area contributed by atoms with E-state index in [1.165, 1.54) is 70.2 Å². The Morgan fingerprint density at radius 2 is 1.86 bits per heavy atom. The van der Waals surface area contributed by atoms with Gasteiger partial charge in [-0.15, -0.1) is 0 Å². The van der Waals surface area contributed by atoms with Crippen LogP contribution < -0.4 is 5.32 Å². The molecule has 118 valence electrons. The van der Waals surface area contributed by atoms with Crippen molar-refractivity contribution in [1.29, 1.82) is 0 Å². The Morgan fingerprint density at radius 1 is 1.14 bits per heavy atom. The van der Waals surface area contributed by atoms with Gasteiger partial charge in [0.05, 0.1) is 0 Å². The molecule has 21 heavy (non-hydrogen) atoms. The zero-order valence-corrected chi connectivity index (χ0v) is 13.5. The molecule has 2 aliphatic rings. The third-order valence-electron chi connectivity index (χ3n) is 5.34. The van der Waals surface area contributed by atoms with Gasteiger partial charge in [-0.2, -0.15) is 0 Å². The molecule has 4 nitrogen and oxygen atoms in total. The van der Waals surface area contributed by atoms with Crippen LogP contribution in [-0.4, -0.2) is 40.0 Å². The van der Waals surface area contributed by atoms with E-state index >= 15 is 0 Å². The number of hydrogen-bond acceptors (Lipinski definition) is 3. The molecule has 0 bridgehead atoms. The first kappa shape index (κ1) is 15.0. The lowest BCUT2D eigenvalue weighted by Gasteiger charge is -2.48. The number of hydrogen-bond donors (Lipinski definition) is 2. The van der Waals surface area contributed by atoms with Gasteiger partial charge in [0.25, 0.3) is 0 Å². The number of aromatic nitrogens is 2. The van der Waals surface area contributed by atoms with E-state index in [-0.39, 0.29) is 0 Å². The summed E-state index contributed by atoms with van der Waals surface area (Å²) in [5.41, 5.74) is 1.63. The van der Waals surface area contributed by atoms with Crippen molar-refractivity contribution in [2.45, 2.75) is 70.4 Å². The maximum atomic E-state index is 4.28. The van der Waals surface area contributed by atoms with Crippen LogP contribution in [0.3, 0.4) is 0 Å². The smallest absolute Gasteiger partial charge is 0.103 e. The SMILES string of the molecule is Cc1ncc(CNCC2(N3CCCCC3)CCCCC2)[nH]1. The Morgan fingerprint density at radius 3 is 2.52 bits per heavy atom. The van der Waals surface area contributed by atoms with Crippen LogP contribution in [0.15, 0.2) is 6.20 Å². The monoisotopic (exact) mass is 290 g/mol. The zero-order chi connectivity index (χ0) is 14.5. The molecule has 1 saturated carbocycles. The second-order valence-corrected chi connectivity index (χ2v) is 6.93. The molecular weight excluding hydrogens is 260 g/mol. The largest absolute Gasteiger partial charge is 0.345 e. The maximum absolute atomic E-state index is 4.28. The van der Waals surface area contributed by atoms with E-state index in [1.54, 1.807) is 0 Å². The molecule has 1 aliphatic carbocycles. The molecule has 0 unspecified atom stereocenters. The van der Waals surface area contributed by atoms with Gasteiger partial charge in [0.2, 0.25) is 0 Å². The number of aryl methyl sites for hydroxylation is 1. The average Bonchev–Trinajstić information content (AvgIpc) is 2.95. The average molecular weight is 290 g/mol. The Hall–Kier alpha value is -0.870. The van der Waals surface area contributed by atoms with E-state index in [4.69, 9.17) is 0 Å². The summed E-state index contributed by atoms with van der Waals surface area (Å²) in [6.07, 6.45) is 13.1. The molecule has 1 saturated heterocycles. The van der Waals surface area contributed by atoms with Crippen LogP contribution in [0.2, 0.25) is 0 Å². The highest BCUT2D eigenvalue weighted by Crippen LogP contribution is 2.35. The summed E-state index contributed by atoms with van der Waals surface area (Å²) in [7, 11) is 0. The number of H-pyrrole nitrogens is 1. The Bertz CT molecular complexity index is 428. The highest BCUT2D eigenvalue weighted by Gasteiger charge is 2.37. The van der Waals surface area contributed by atoms with Crippen LogP contribution in [0.25, 0.3) is 0 Å². The summed E-state index contributed by atoms with van der Waals surface area (Å²) >= 11 is 0. The molecule has 0 aromatic carbocycles. The third-order valence-corrected chi connectivity index (χ3v) is 5.34. The van der Waals surface area contributed by atoms with Gasteiger partial charge in [-0.1, -0.05) is 25.7 Å². The second-order valence-electron chi connectivity index (χ2n) is 6.93. The van der Waals surface area contributed by atoms with Crippen LogP contribution in [0.5, 0.6) is 0 Å². The molecule has 2 fully saturated rings. The van der Waals surface area contributed by atoms with Crippen molar-refractivity contribution in [2.75, 3.05) is 19.6 Å². The predicted octanol–water partition coefficient (Wildman–Crippen LogP) is 3.00. The number of rotatable bonds is 5. The van der Waals surface area contributed by atoms with Gasteiger partial charge in [0.1, 0.15) is 5.82 Å². The second kappa shape index (κ2) is 6.93. The lowest BCUT2D eigenvalue weighted by atomic mass is 9.79. The minimum atomic E-state index is 0.424. The first-order valence-electron chi connectivity index (χ1n) is 8.75. The van der Waals surface area contributed by atoms with Gasteiger partial charge in [-0.25, -0.2) is 4.98 Å². The van der Waals surface area contributed by atoms with Crippen molar-refractivity contribution in [1.82, 2.24) is 20.2 Å². The van der Waals surface area contributed by atoms with Gasteiger partial charge in [0, 0.05) is 30.5 Å². The van der Waals surface area contributed by atoms with Crippen LogP contribution in [0, 0.1) is 6.92 Å². The number of nitrogens with zero attached hydrogens (tertiary/aromatic N) is 2. The normalized spacial score (nSPS) is 23.3. The number of imidazole rings is 1. The summed E-state index contributed by atoms with van der Waals surface area (Å²) in [5.74, 6) is 1.01. The first-order chi connectivity index (χ1) is 10.3. The summed E-state index contributed by atoms with van der Waals surface area (Å²) in [5, 5.41) is 3.71. The van der Waals surface area contributed by atoms with Crippen molar-refractivity contribution in [2.24, 2.45) is 0 Å². The number of nitrogens with one attached hydrogen (secondary N) is 2. The van der Waals surface area contributed by atoms with Gasteiger partial charge < -0.3 is 10.3 Å². The van der Waals surface area contributed by atoms with Crippen LogP contribution in [-0.2, 0) is 6.54 Å². The summed E-state index contributed by atoms with van der Waals surface area (Å²) in [6.45, 7) is 6.68. The zero-order valence-electron chi connectivity index (χ0n) is 13.5. The fraction of sp³-hybridized carbons (Fsp3) is 0.824. The van der Waals surface area contributed by atoms with Crippen LogP contribution in [0.1, 0.15) is 62.9 Å². The quantitative estimate of drug-likeness (QED) is 0.876. The Balaban J connectivity index is 1.59. The minimum absolute atomic E-state index is 0.424. The Labute approximate surface area is 128 Å². The molecule has 2 N–H and O–H groups in total. The Kier molecular flexibility index (Phi) is 4.96. The topological polar surface area (TPSA) is 44.0 Å². The first-order valence-corrected chi connectivity index (χ1v) is 8.75. The number of piperidine rings is 1. The molecule has 4 heteroatoms. The summed E-state index contributed by atoms with van der Waals surface area (Å²) < 4.78 is 0. The molecule has 0 atom stereocenters. The molecular formula is C17H30N4. The van der Waals surface area contributed by atoms with Crippen LogP contribution in [0.4, 0.5) is 0 Å². The van der Waals surface area contributed by atoms with E-state index < -0.39 is 0 Å². The van der Waals surface area contributed by atoms with Crippen molar-refractivity contribution >= 4 is 0 Å². The third kappa shape index (κ3) is 3.67. The highest BCUT2D eigenvalue weighted by atomic mass is 15.2. The fourth-order valence-corrected chi connectivity index (χ4v) is 4.17. The van der Waals surface area contributed by atoms with Crippen molar-refractivity contribution in [3.05, 3.63) is 17.7 Å². The van der Waals surface area contributed by atoms with Gasteiger partial charge in [0.15, 0.2) is 0 Å². The lowest BCUT2D eigenvalue weighted by molar-refractivity contribution is 0.0332. The van der Waals surface area contributed by atoms with E-state index in [1.807, 2.05) is 13.1 Å². The van der Waals surface area contributed by atoms with E-state index in [2.05, 4.69) is 20.2 Å². The van der Waals surface area contributed by atoms with Gasteiger partial charge in [-0.05, 0) is 45.7 Å². The molecule has 0 amide bonds. The lowest BCUT2D eigenvalue weighted by Crippen LogP contribution is -2.57. The van der Waals surface area contributed by atoms with Gasteiger partial charge >= 0.3 is 0 Å². The standard InChI is InChI=1S/C17H30N4/c1-15-19-13-16(20-15)12-18-14-17(8-4-2-5-9-17)21-10-6-3-7-11-21/h13,18H,2-12,14H2,1H3,(H,19,20). The molecule has 0 radical (unpaired) electrons. The molecule has 1 aliphatic heterocycles. The summed E-state index contributed by atoms with van der Waals surface area (Å²) in [4.78, 5) is 10.4. The van der Waals surface area contributed by atoms with Crippen molar-refractivity contribution < 1.29 is 0 Å². The molecule has 1 aromatic heterocycles. The number of aromatic amines is 1. The molecule has 0 spiro atoms. The van der Waals surface area contributed by atoms with E-state index in [0.29, 0.717) is 5.54 Å². The van der Waals surface area contributed by atoms with E-state index in [9.17, 15) is 0 Å². The van der Waals surface area contributed by atoms with E-state index in [0.717, 1.165) is 18.9 Å². The fourth-order valence-electron chi connectivity index (χ4n) is 4.17. The predicted molar refractivity (Wildman–Crippen MR) is 86.3 cm³/mol. The molecule has 2 heterocycles. The minimum Gasteiger partial charge on any atom is -0.345 e.